The van der Waals surface area contributed by atoms with Gasteiger partial charge in [-0.05, 0) is 48.9 Å². The minimum absolute atomic E-state index is 0.507. The van der Waals surface area contributed by atoms with Gasteiger partial charge in [-0.2, -0.15) is 0 Å². The van der Waals surface area contributed by atoms with Crippen LogP contribution in [0.25, 0.3) is 11.3 Å². The molecule has 1 aromatic heterocycles. The predicted octanol–water partition coefficient (Wildman–Crippen LogP) is 4.80. The molecule has 112 valence electrons. The molecule has 0 aliphatic rings. The SMILES string of the molecule is CCn1cncc1-c1ccc(OCc2cccc(Cl)c2)cc1. The van der Waals surface area contributed by atoms with Crippen LogP contribution in [0.1, 0.15) is 12.5 Å². The van der Waals surface area contributed by atoms with Crippen LogP contribution in [0.3, 0.4) is 0 Å². The van der Waals surface area contributed by atoms with Crippen molar-refractivity contribution < 1.29 is 4.74 Å². The van der Waals surface area contributed by atoms with E-state index in [4.69, 9.17) is 16.3 Å². The van der Waals surface area contributed by atoms with Crippen LogP contribution in [0.4, 0.5) is 0 Å². The molecule has 3 rings (SSSR count). The lowest BCUT2D eigenvalue weighted by molar-refractivity contribution is 0.306. The first kappa shape index (κ1) is 14.7. The van der Waals surface area contributed by atoms with Gasteiger partial charge in [0, 0.05) is 17.1 Å². The summed E-state index contributed by atoms with van der Waals surface area (Å²) in [6, 6.07) is 15.8. The van der Waals surface area contributed by atoms with Crippen LogP contribution < -0.4 is 4.74 Å². The highest BCUT2D eigenvalue weighted by Gasteiger charge is 2.04. The fourth-order valence-corrected chi connectivity index (χ4v) is 2.54. The van der Waals surface area contributed by atoms with Gasteiger partial charge in [0.25, 0.3) is 0 Å². The van der Waals surface area contributed by atoms with Gasteiger partial charge in [0.05, 0.1) is 18.2 Å². The number of imidazole rings is 1. The van der Waals surface area contributed by atoms with Gasteiger partial charge in [0.15, 0.2) is 0 Å². The molecule has 0 N–H and O–H groups in total. The summed E-state index contributed by atoms with van der Waals surface area (Å²) in [5.74, 6) is 0.839. The van der Waals surface area contributed by atoms with E-state index < -0.39 is 0 Å². The second-order valence-electron chi connectivity index (χ2n) is 5.01. The number of hydrogen-bond acceptors (Lipinski definition) is 2. The van der Waals surface area contributed by atoms with Crippen LogP contribution >= 0.6 is 11.6 Å². The van der Waals surface area contributed by atoms with Crippen molar-refractivity contribution in [1.82, 2.24) is 9.55 Å². The predicted molar refractivity (Wildman–Crippen MR) is 89.1 cm³/mol. The minimum atomic E-state index is 0.507. The number of nitrogens with zero attached hydrogens (tertiary/aromatic N) is 2. The molecule has 3 aromatic rings. The van der Waals surface area contributed by atoms with E-state index in [0.29, 0.717) is 6.61 Å². The number of ether oxygens (including phenoxy) is 1. The summed E-state index contributed by atoms with van der Waals surface area (Å²) in [5.41, 5.74) is 3.30. The largest absolute Gasteiger partial charge is 0.489 e. The molecule has 0 saturated heterocycles. The first-order chi connectivity index (χ1) is 10.8. The van der Waals surface area contributed by atoms with Crippen molar-refractivity contribution >= 4 is 11.6 Å². The molecule has 0 radical (unpaired) electrons. The Morgan fingerprint density at radius 3 is 2.68 bits per heavy atom. The summed E-state index contributed by atoms with van der Waals surface area (Å²) in [7, 11) is 0. The molecule has 0 aliphatic heterocycles. The van der Waals surface area contributed by atoms with E-state index in [9.17, 15) is 0 Å². The molecule has 0 fully saturated rings. The molecule has 4 heteroatoms. The molecule has 0 atom stereocenters. The van der Waals surface area contributed by atoms with Crippen LogP contribution in [0, 0.1) is 0 Å². The van der Waals surface area contributed by atoms with Gasteiger partial charge in [0.1, 0.15) is 12.4 Å². The maximum absolute atomic E-state index is 5.97. The second-order valence-corrected chi connectivity index (χ2v) is 5.44. The minimum Gasteiger partial charge on any atom is -0.489 e. The van der Waals surface area contributed by atoms with E-state index in [2.05, 4.69) is 28.6 Å². The molecule has 1 heterocycles. The highest BCUT2D eigenvalue weighted by molar-refractivity contribution is 6.30. The zero-order valence-electron chi connectivity index (χ0n) is 12.4. The Morgan fingerprint density at radius 2 is 1.95 bits per heavy atom. The van der Waals surface area contributed by atoms with Gasteiger partial charge >= 0.3 is 0 Å². The van der Waals surface area contributed by atoms with Gasteiger partial charge in [-0.15, -0.1) is 0 Å². The van der Waals surface area contributed by atoms with Crippen molar-refractivity contribution in [3.63, 3.8) is 0 Å². The fraction of sp³-hybridized carbons (Fsp3) is 0.167. The molecular formula is C18H17ClN2O. The summed E-state index contributed by atoms with van der Waals surface area (Å²) in [5, 5.41) is 0.726. The van der Waals surface area contributed by atoms with Gasteiger partial charge in [0.2, 0.25) is 0 Å². The molecule has 0 saturated carbocycles. The zero-order chi connectivity index (χ0) is 15.4. The highest BCUT2D eigenvalue weighted by Crippen LogP contribution is 2.23. The maximum atomic E-state index is 5.97. The zero-order valence-corrected chi connectivity index (χ0v) is 13.1. The number of aromatic nitrogens is 2. The molecular weight excluding hydrogens is 296 g/mol. The quantitative estimate of drug-likeness (QED) is 0.676. The average molecular weight is 313 g/mol. The summed E-state index contributed by atoms with van der Waals surface area (Å²) < 4.78 is 7.91. The Bertz CT molecular complexity index is 750. The van der Waals surface area contributed by atoms with Crippen molar-refractivity contribution in [2.75, 3.05) is 0 Å². The molecule has 0 spiro atoms. The number of rotatable bonds is 5. The summed E-state index contributed by atoms with van der Waals surface area (Å²) >= 11 is 5.97. The van der Waals surface area contributed by atoms with Crippen molar-refractivity contribution in [2.24, 2.45) is 0 Å². The smallest absolute Gasteiger partial charge is 0.119 e. The monoisotopic (exact) mass is 312 g/mol. The van der Waals surface area contributed by atoms with E-state index in [0.717, 1.165) is 34.1 Å². The van der Waals surface area contributed by atoms with Gasteiger partial charge in [-0.1, -0.05) is 23.7 Å². The topological polar surface area (TPSA) is 27.1 Å². The lowest BCUT2D eigenvalue weighted by atomic mass is 10.1. The lowest BCUT2D eigenvalue weighted by Crippen LogP contribution is -1.96. The van der Waals surface area contributed by atoms with E-state index in [1.807, 2.05) is 48.9 Å². The van der Waals surface area contributed by atoms with Crippen molar-refractivity contribution in [3.05, 3.63) is 71.6 Å². The van der Waals surface area contributed by atoms with E-state index in [1.54, 1.807) is 0 Å². The van der Waals surface area contributed by atoms with Crippen LogP contribution in [-0.2, 0) is 13.2 Å². The number of halogens is 1. The highest BCUT2D eigenvalue weighted by atomic mass is 35.5. The third-order valence-electron chi connectivity index (χ3n) is 3.50. The van der Waals surface area contributed by atoms with Gasteiger partial charge in [-0.25, -0.2) is 4.98 Å². The first-order valence-electron chi connectivity index (χ1n) is 7.24. The van der Waals surface area contributed by atoms with Crippen molar-refractivity contribution in [1.29, 1.82) is 0 Å². The normalized spacial score (nSPS) is 10.6. The molecule has 0 bridgehead atoms. The summed E-state index contributed by atoms with van der Waals surface area (Å²) in [6.45, 7) is 3.52. The second kappa shape index (κ2) is 6.67. The number of hydrogen-bond donors (Lipinski definition) is 0. The fourth-order valence-electron chi connectivity index (χ4n) is 2.33. The Labute approximate surface area is 135 Å². The Kier molecular flexibility index (Phi) is 4.45. The average Bonchev–Trinajstić information content (AvgIpc) is 3.02. The Balaban J connectivity index is 1.69. The van der Waals surface area contributed by atoms with Crippen LogP contribution in [0.5, 0.6) is 5.75 Å². The van der Waals surface area contributed by atoms with Gasteiger partial charge in [-0.3, -0.25) is 0 Å². The number of aryl methyl sites for hydroxylation is 1. The third kappa shape index (κ3) is 3.31. The summed E-state index contributed by atoms with van der Waals surface area (Å²) in [4.78, 5) is 4.20. The Hall–Kier alpha value is -2.26. The first-order valence-corrected chi connectivity index (χ1v) is 7.62. The van der Waals surface area contributed by atoms with Crippen LogP contribution in [0.15, 0.2) is 61.1 Å². The molecule has 0 unspecified atom stereocenters. The maximum Gasteiger partial charge on any atom is 0.119 e. The molecule has 22 heavy (non-hydrogen) atoms. The van der Waals surface area contributed by atoms with Crippen LogP contribution in [0.2, 0.25) is 5.02 Å². The van der Waals surface area contributed by atoms with Crippen molar-refractivity contribution in [2.45, 2.75) is 20.1 Å². The van der Waals surface area contributed by atoms with Gasteiger partial charge < -0.3 is 9.30 Å². The number of benzene rings is 2. The lowest BCUT2D eigenvalue weighted by Gasteiger charge is -2.09. The standard InChI is InChI=1S/C18H17ClN2O/c1-2-21-13-20-11-18(21)15-6-8-17(9-7-15)22-12-14-4-3-5-16(19)10-14/h3-11,13H,2,12H2,1H3. The van der Waals surface area contributed by atoms with E-state index >= 15 is 0 Å². The molecule has 3 nitrogen and oxygen atoms in total. The Morgan fingerprint density at radius 1 is 1.14 bits per heavy atom. The van der Waals surface area contributed by atoms with E-state index in [1.165, 1.54) is 0 Å². The summed E-state index contributed by atoms with van der Waals surface area (Å²) in [6.07, 6.45) is 3.73. The molecule has 0 amide bonds. The molecule has 2 aromatic carbocycles. The van der Waals surface area contributed by atoms with Crippen LogP contribution in [-0.4, -0.2) is 9.55 Å². The molecule has 0 aliphatic carbocycles. The third-order valence-corrected chi connectivity index (χ3v) is 3.73. The van der Waals surface area contributed by atoms with E-state index in [-0.39, 0.29) is 0 Å². The van der Waals surface area contributed by atoms with Crippen molar-refractivity contribution in [3.8, 4) is 17.0 Å².